The summed E-state index contributed by atoms with van der Waals surface area (Å²) < 4.78 is 4.55. The Morgan fingerprint density at radius 3 is 2.14 bits per heavy atom. The lowest BCUT2D eigenvalue weighted by Crippen LogP contribution is -2.08. The third kappa shape index (κ3) is 5.09. The predicted molar refractivity (Wildman–Crippen MR) is 83.1 cm³/mol. The normalized spacial score (nSPS) is 19.2. The molecule has 0 aliphatic carbocycles. The highest BCUT2D eigenvalue weighted by molar-refractivity contribution is 5.86. The van der Waals surface area contributed by atoms with Crippen LogP contribution in [-0.4, -0.2) is 17.4 Å². The molecule has 3 nitrogen and oxygen atoms in total. The van der Waals surface area contributed by atoms with Gasteiger partial charge in [0.1, 0.15) is 0 Å². The van der Waals surface area contributed by atoms with Crippen molar-refractivity contribution in [1.29, 1.82) is 0 Å². The van der Waals surface area contributed by atoms with E-state index in [1.165, 1.54) is 6.08 Å². The van der Waals surface area contributed by atoms with E-state index in [0.717, 1.165) is 5.56 Å². The second kappa shape index (κ2) is 7.82. The van der Waals surface area contributed by atoms with Crippen LogP contribution in [0.5, 0.6) is 0 Å². The van der Waals surface area contributed by atoms with Gasteiger partial charge in [-0.15, -0.1) is 0 Å². The zero-order valence-electron chi connectivity index (χ0n) is 11.4. The van der Waals surface area contributed by atoms with Crippen molar-refractivity contribution in [2.24, 2.45) is 0 Å². The van der Waals surface area contributed by atoms with Crippen LogP contribution in [0.15, 0.2) is 84.5 Å². The average Bonchev–Trinajstić information content (AvgIpc) is 2.81. The Bertz CT molecular complexity index is 619. The molecule has 0 bridgehead atoms. The van der Waals surface area contributed by atoms with E-state index in [2.05, 4.69) is 4.74 Å². The van der Waals surface area contributed by atoms with Crippen LogP contribution in [0.1, 0.15) is 5.56 Å². The van der Waals surface area contributed by atoms with E-state index in [1.807, 2.05) is 66.8 Å². The van der Waals surface area contributed by atoms with Gasteiger partial charge >= 0.3 is 5.97 Å². The largest absolute Gasteiger partial charge is 0.428 e. The first-order valence-corrected chi connectivity index (χ1v) is 6.59. The summed E-state index contributed by atoms with van der Waals surface area (Å²) >= 11 is 0. The van der Waals surface area contributed by atoms with Gasteiger partial charge in [0.05, 0.1) is 0 Å². The number of carbonyl (C=O) groups excluding carboxylic acids is 1. The third-order valence-electron chi connectivity index (χ3n) is 2.73. The molecule has 106 valence electrons. The number of benzene rings is 1. The lowest BCUT2D eigenvalue weighted by Gasteiger charge is -2.01. The minimum Gasteiger partial charge on any atom is -0.428 e. The average molecular weight is 280 g/mol. The Labute approximate surface area is 123 Å². The molecule has 1 aliphatic rings. The van der Waals surface area contributed by atoms with Crippen molar-refractivity contribution in [3.63, 3.8) is 0 Å². The number of rotatable bonds is 5. The molecule has 0 radical (unpaired) electrons. The van der Waals surface area contributed by atoms with Gasteiger partial charge in [-0.1, -0.05) is 78.9 Å². The Hall–Kier alpha value is -2.65. The predicted octanol–water partition coefficient (Wildman–Crippen LogP) is 3.17. The van der Waals surface area contributed by atoms with Gasteiger partial charge in [0.15, 0.2) is 0 Å². The van der Waals surface area contributed by atoms with E-state index in [1.54, 1.807) is 12.2 Å². The molecule has 1 atom stereocenters. The fourth-order valence-corrected chi connectivity index (χ4v) is 1.70. The van der Waals surface area contributed by atoms with E-state index < -0.39 is 12.3 Å². The first kappa shape index (κ1) is 14.8. The van der Waals surface area contributed by atoms with Crippen molar-refractivity contribution >= 4 is 12.0 Å². The number of aliphatic hydroxyl groups is 1. The van der Waals surface area contributed by atoms with Gasteiger partial charge in [0, 0.05) is 11.6 Å². The van der Waals surface area contributed by atoms with Crippen LogP contribution in [0.2, 0.25) is 0 Å². The van der Waals surface area contributed by atoms with E-state index in [-0.39, 0.29) is 0 Å². The number of ether oxygens (including phenoxy) is 1. The molecule has 1 aromatic carbocycles. The highest BCUT2D eigenvalue weighted by Gasteiger charge is 2.20. The summed E-state index contributed by atoms with van der Waals surface area (Å²) in [5, 5.41) is 9.33. The van der Waals surface area contributed by atoms with Crippen LogP contribution < -0.4 is 0 Å². The van der Waals surface area contributed by atoms with Crippen LogP contribution >= 0.6 is 0 Å². The van der Waals surface area contributed by atoms with Gasteiger partial charge < -0.3 is 9.84 Å². The zero-order valence-corrected chi connectivity index (χ0v) is 11.4. The number of cyclic esters (lactones) is 1. The van der Waals surface area contributed by atoms with E-state index in [4.69, 9.17) is 0 Å². The summed E-state index contributed by atoms with van der Waals surface area (Å²) in [6.45, 7) is 0. The number of carbonyl (C=O) groups is 1. The Morgan fingerprint density at radius 2 is 1.52 bits per heavy atom. The molecule has 0 spiro atoms. The fraction of sp³-hybridized carbons (Fsp3) is 0.0556. The fourth-order valence-electron chi connectivity index (χ4n) is 1.70. The van der Waals surface area contributed by atoms with Gasteiger partial charge in [0.2, 0.25) is 6.29 Å². The summed E-state index contributed by atoms with van der Waals surface area (Å²) in [7, 11) is 0. The maximum atomic E-state index is 10.9. The van der Waals surface area contributed by atoms with Crippen molar-refractivity contribution in [3.8, 4) is 0 Å². The molecule has 1 N–H and O–H groups in total. The molecule has 0 saturated heterocycles. The van der Waals surface area contributed by atoms with Gasteiger partial charge in [-0.05, 0) is 5.56 Å². The van der Waals surface area contributed by atoms with Crippen LogP contribution in [0, 0.1) is 0 Å². The highest BCUT2D eigenvalue weighted by Crippen LogP contribution is 2.13. The monoisotopic (exact) mass is 280 g/mol. The minimum absolute atomic E-state index is 0.456. The molecule has 0 amide bonds. The third-order valence-corrected chi connectivity index (χ3v) is 2.73. The Balaban J connectivity index is 1.78. The Kier molecular flexibility index (Phi) is 5.50. The van der Waals surface area contributed by atoms with Crippen molar-refractivity contribution in [1.82, 2.24) is 0 Å². The van der Waals surface area contributed by atoms with E-state index in [9.17, 15) is 9.90 Å². The number of allylic oxidation sites excluding steroid dienone is 6. The first-order chi connectivity index (χ1) is 10.3. The maximum Gasteiger partial charge on any atom is 0.333 e. The maximum absolute atomic E-state index is 10.9. The number of esters is 1. The van der Waals surface area contributed by atoms with Crippen LogP contribution in [0.3, 0.4) is 0 Å². The summed E-state index contributed by atoms with van der Waals surface area (Å²) in [4.78, 5) is 10.9. The lowest BCUT2D eigenvalue weighted by molar-refractivity contribution is -0.150. The van der Waals surface area contributed by atoms with E-state index >= 15 is 0 Å². The molecule has 0 fully saturated rings. The summed E-state index contributed by atoms with van der Waals surface area (Å²) in [6.07, 6.45) is 15.0. The second-order valence-electron chi connectivity index (χ2n) is 4.33. The van der Waals surface area contributed by atoms with Gasteiger partial charge in [-0.2, -0.15) is 0 Å². The smallest absolute Gasteiger partial charge is 0.333 e. The molecular weight excluding hydrogens is 264 g/mol. The first-order valence-electron chi connectivity index (χ1n) is 6.59. The molecule has 0 aromatic heterocycles. The van der Waals surface area contributed by atoms with Gasteiger partial charge in [0.25, 0.3) is 0 Å². The van der Waals surface area contributed by atoms with Crippen LogP contribution in [0.4, 0.5) is 0 Å². The summed E-state index contributed by atoms with van der Waals surface area (Å²) in [5.41, 5.74) is 1.61. The van der Waals surface area contributed by atoms with Crippen LogP contribution in [0.25, 0.3) is 6.08 Å². The molecule has 0 saturated carbocycles. The zero-order chi connectivity index (χ0) is 14.9. The van der Waals surface area contributed by atoms with Crippen molar-refractivity contribution in [2.45, 2.75) is 6.29 Å². The Morgan fingerprint density at radius 1 is 0.905 bits per heavy atom. The molecule has 21 heavy (non-hydrogen) atoms. The van der Waals surface area contributed by atoms with Crippen molar-refractivity contribution in [2.75, 3.05) is 0 Å². The summed E-state index contributed by atoms with van der Waals surface area (Å²) in [6, 6.07) is 10.0. The molecular formula is C18H16O3. The molecule has 1 aliphatic heterocycles. The number of aliphatic hydroxyl groups excluding tert-OH is 1. The molecule has 1 aromatic rings. The van der Waals surface area contributed by atoms with Gasteiger partial charge in [-0.3, -0.25) is 0 Å². The highest BCUT2D eigenvalue weighted by atomic mass is 16.6. The van der Waals surface area contributed by atoms with Crippen LogP contribution in [-0.2, 0) is 9.53 Å². The number of hydrogen-bond acceptors (Lipinski definition) is 3. The second-order valence-corrected chi connectivity index (χ2v) is 4.33. The molecule has 3 heteroatoms. The van der Waals surface area contributed by atoms with Crippen molar-refractivity contribution < 1.29 is 14.6 Å². The summed E-state index contributed by atoms with van der Waals surface area (Å²) in [5.74, 6) is -0.517. The minimum atomic E-state index is -1.15. The molecule has 2 rings (SSSR count). The van der Waals surface area contributed by atoms with Crippen molar-refractivity contribution in [3.05, 3.63) is 90.1 Å². The lowest BCUT2D eigenvalue weighted by atomic mass is 10.2. The standard InChI is InChI=1S/C18H16O3/c19-17-14-16(18(20)21-17)13-9-4-2-1-3-6-10-15-11-7-5-8-12-15/h1-14,18,20H/b3-1+,4-2+,10-6+,13-9+. The SMILES string of the molecule is O=C1C=C(/C=C/C=C/C=C/C=C/c2ccccc2)C(O)O1. The molecule has 1 heterocycles. The molecule has 1 unspecified atom stereocenters. The number of hydrogen-bond donors (Lipinski definition) is 1. The topological polar surface area (TPSA) is 46.5 Å². The van der Waals surface area contributed by atoms with E-state index in [0.29, 0.717) is 5.57 Å². The van der Waals surface area contributed by atoms with Gasteiger partial charge in [-0.25, -0.2) is 4.79 Å². The quantitative estimate of drug-likeness (QED) is 0.665.